The van der Waals surface area contributed by atoms with Crippen molar-refractivity contribution < 1.29 is 19.0 Å². The van der Waals surface area contributed by atoms with Gasteiger partial charge >= 0.3 is 0 Å². The van der Waals surface area contributed by atoms with Crippen molar-refractivity contribution >= 4 is 5.91 Å². The normalized spacial score (nSPS) is 21.2. The number of likely N-dealkylation sites (tertiary alicyclic amines) is 1. The lowest BCUT2D eigenvalue weighted by Crippen LogP contribution is -2.35. The maximum absolute atomic E-state index is 13.9. The molecule has 1 aromatic carbocycles. The quantitative estimate of drug-likeness (QED) is 0.878. The summed E-state index contributed by atoms with van der Waals surface area (Å²) < 4.78 is 18.9. The van der Waals surface area contributed by atoms with Gasteiger partial charge in [0.1, 0.15) is 11.6 Å². The molecule has 1 aromatic rings. The van der Waals surface area contributed by atoms with E-state index in [0.29, 0.717) is 24.4 Å². The lowest BCUT2D eigenvalue weighted by atomic mass is 9.83. The van der Waals surface area contributed by atoms with E-state index in [9.17, 15) is 14.3 Å². The fourth-order valence-corrected chi connectivity index (χ4v) is 3.16. The lowest BCUT2D eigenvalue weighted by Gasteiger charge is -2.26. The predicted octanol–water partition coefficient (Wildman–Crippen LogP) is 2.39. The number of halogens is 1. The van der Waals surface area contributed by atoms with Gasteiger partial charge in [0.25, 0.3) is 0 Å². The van der Waals surface area contributed by atoms with Gasteiger partial charge in [-0.1, -0.05) is 19.4 Å². The van der Waals surface area contributed by atoms with Crippen molar-refractivity contribution in [3.8, 4) is 5.75 Å². The maximum Gasteiger partial charge on any atom is 0.227 e. The number of carbonyl (C=O) groups excluding carboxylic acids is 1. The van der Waals surface area contributed by atoms with Gasteiger partial charge in [-0.25, -0.2) is 4.39 Å². The zero-order valence-corrected chi connectivity index (χ0v) is 13.3. The number of hydrogen-bond donors (Lipinski definition) is 1. The topological polar surface area (TPSA) is 49.8 Å². The molecule has 0 radical (unpaired) electrons. The smallest absolute Gasteiger partial charge is 0.227 e. The number of ether oxygens (including phenoxy) is 1. The summed E-state index contributed by atoms with van der Waals surface area (Å²) in [7, 11) is 1.48. The second-order valence-corrected chi connectivity index (χ2v) is 6.11. The largest absolute Gasteiger partial charge is 0.497 e. The van der Waals surface area contributed by atoms with Crippen LogP contribution in [0.4, 0.5) is 4.39 Å². The van der Waals surface area contributed by atoms with Crippen LogP contribution in [0.25, 0.3) is 0 Å². The van der Waals surface area contributed by atoms with E-state index in [1.54, 1.807) is 17.0 Å². The van der Waals surface area contributed by atoms with Crippen LogP contribution in [-0.4, -0.2) is 42.7 Å². The van der Waals surface area contributed by atoms with E-state index in [1.165, 1.54) is 13.2 Å². The van der Waals surface area contributed by atoms with Crippen LogP contribution in [0.15, 0.2) is 18.2 Å². The van der Waals surface area contributed by atoms with E-state index in [1.807, 2.05) is 0 Å². The van der Waals surface area contributed by atoms with Crippen LogP contribution in [0.5, 0.6) is 5.75 Å². The van der Waals surface area contributed by atoms with Gasteiger partial charge in [-0.15, -0.1) is 0 Å². The summed E-state index contributed by atoms with van der Waals surface area (Å²) in [5.74, 6) is -0.0681. The molecule has 1 fully saturated rings. The van der Waals surface area contributed by atoms with Gasteiger partial charge in [-0.3, -0.25) is 4.79 Å². The molecule has 5 heteroatoms. The molecule has 1 heterocycles. The molecule has 1 aliphatic rings. The van der Waals surface area contributed by atoms with Crippen molar-refractivity contribution in [3.63, 3.8) is 0 Å². The van der Waals surface area contributed by atoms with Crippen LogP contribution in [0.2, 0.25) is 0 Å². The molecule has 4 nitrogen and oxygen atoms in total. The highest BCUT2D eigenvalue weighted by atomic mass is 19.1. The Kier molecular flexibility index (Phi) is 5.40. The van der Waals surface area contributed by atoms with Gasteiger partial charge in [-0.2, -0.15) is 0 Å². The summed E-state index contributed by atoms with van der Waals surface area (Å²) in [5, 5.41) is 9.63. The molecule has 22 heavy (non-hydrogen) atoms. The van der Waals surface area contributed by atoms with E-state index in [0.717, 1.165) is 19.3 Å². The van der Waals surface area contributed by atoms with Gasteiger partial charge in [0.15, 0.2) is 0 Å². The monoisotopic (exact) mass is 309 g/mol. The van der Waals surface area contributed by atoms with Gasteiger partial charge in [0.2, 0.25) is 5.91 Å². The lowest BCUT2D eigenvalue weighted by molar-refractivity contribution is -0.130. The number of aliphatic hydroxyl groups excluding tert-OH is 1. The second-order valence-electron chi connectivity index (χ2n) is 6.11. The minimum absolute atomic E-state index is 0.0451. The number of methoxy groups -OCH3 is 1. The highest BCUT2D eigenvalue weighted by molar-refractivity contribution is 5.79. The minimum atomic E-state index is -0.422. The Morgan fingerprint density at radius 2 is 2.27 bits per heavy atom. The number of rotatable bonds is 6. The van der Waals surface area contributed by atoms with Crippen LogP contribution in [0.1, 0.15) is 31.7 Å². The Hall–Kier alpha value is -1.62. The molecule has 0 aliphatic carbocycles. The van der Waals surface area contributed by atoms with E-state index in [2.05, 4.69) is 6.92 Å². The molecule has 0 bridgehead atoms. The molecule has 1 saturated heterocycles. The van der Waals surface area contributed by atoms with Crippen molar-refractivity contribution in [2.45, 2.75) is 32.6 Å². The van der Waals surface area contributed by atoms with Crippen LogP contribution < -0.4 is 4.74 Å². The average Bonchev–Trinajstić information content (AvgIpc) is 2.94. The molecule has 2 rings (SSSR count). The van der Waals surface area contributed by atoms with E-state index < -0.39 is 5.82 Å². The molecular weight excluding hydrogens is 285 g/mol. The third kappa shape index (κ3) is 3.58. The Bertz CT molecular complexity index is 535. The fourth-order valence-electron chi connectivity index (χ4n) is 3.16. The van der Waals surface area contributed by atoms with Crippen LogP contribution >= 0.6 is 0 Å². The molecule has 0 spiro atoms. The summed E-state index contributed by atoms with van der Waals surface area (Å²) in [6.07, 6.45) is 2.75. The zero-order valence-electron chi connectivity index (χ0n) is 13.3. The molecule has 122 valence electrons. The molecule has 0 saturated carbocycles. The Morgan fingerprint density at radius 1 is 1.50 bits per heavy atom. The third-order valence-electron chi connectivity index (χ3n) is 4.51. The first-order valence-corrected chi connectivity index (χ1v) is 7.74. The van der Waals surface area contributed by atoms with Gasteiger partial charge < -0.3 is 14.7 Å². The maximum atomic E-state index is 13.9. The number of hydrogen-bond acceptors (Lipinski definition) is 3. The van der Waals surface area contributed by atoms with Gasteiger partial charge in [0, 0.05) is 24.6 Å². The highest BCUT2D eigenvalue weighted by Gasteiger charge is 2.38. The van der Waals surface area contributed by atoms with Crippen molar-refractivity contribution in [1.82, 2.24) is 4.90 Å². The van der Waals surface area contributed by atoms with Crippen LogP contribution in [0.3, 0.4) is 0 Å². The summed E-state index contributed by atoms with van der Waals surface area (Å²) in [5.41, 5.74) is 0.200. The first kappa shape index (κ1) is 16.7. The average molecular weight is 309 g/mol. The molecule has 1 N–H and O–H groups in total. The van der Waals surface area contributed by atoms with Crippen LogP contribution in [-0.2, 0) is 11.2 Å². The van der Waals surface area contributed by atoms with Gasteiger partial charge in [-0.05, 0) is 24.5 Å². The number of benzene rings is 1. The van der Waals surface area contributed by atoms with Crippen molar-refractivity contribution in [1.29, 1.82) is 0 Å². The van der Waals surface area contributed by atoms with Gasteiger partial charge in [0.05, 0.1) is 20.1 Å². The number of carbonyl (C=O) groups is 1. The number of nitrogens with zero attached hydrogens (tertiary/aromatic N) is 1. The first-order chi connectivity index (χ1) is 10.5. The summed E-state index contributed by atoms with van der Waals surface area (Å²) in [4.78, 5) is 14.1. The molecule has 1 amide bonds. The molecule has 1 atom stereocenters. The fraction of sp³-hybridized carbons (Fsp3) is 0.588. The van der Waals surface area contributed by atoms with Crippen molar-refractivity contribution in [3.05, 3.63) is 29.6 Å². The van der Waals surface area contributed by atoms with E-state index in [-0.39, 0.29) is 24.3 Å². The highest BCUT2D eigenvalue weighted by Crippen LogP contribution is 2.35. The number of aliphatic hydroxyl groups is 1. The Morgan fingerprint density at radius 3 is 2.86 bits per heavy atom. The van der Waals surface area contributed by atoms with E-state index >= 15 is 0 Å². The first-order valence-electron chi connectivity index (χ1n) is 7.74. The molecular formula is C17H24FNO3. The zero-order chi connectivity index (χ0) is 16.2. The summed E-state index contributed by atoms with van der Waals surface area (Å²) >= 11 is 0. The SMILES string of the molecule is CCCC1(CO)CCN(C(=O)Cc2ccc(OC)cc2F)C1. The molecule has 0 aromatic heterocycles. The minimum Gasteiger partial charge on any atom is -0.497 e. The third-order valence-corrected chi connectivity index (χ3v) is 4.51. The van der Waals surface area contributed by atoms with Crippen molar-refractivity contribution in [2.24, 2.45) is 5.41 Å². The van der Waals surface area contributed by atoms with Crippen molar-refractivity contribution in [2.75, 3.05) is 26.8 Å². The van der Waals surface area contributed by atoms with Crippen LogP contribution in [0, 0.1) is 11.2 Å². The summed E-state index contributed by atoms with van der Waals surface area (Å²) in [6.45, 7) is 3.38. The van der Waals surface area contributed by atoms with E-state index in [4.69, 9.17) is 4.74 Å². The Balaban J connectivity index is 2.01. The number of amides is 1. The molecule has 1 aliphatic heterocycles. The second kappa shape index (κ2) is 7.09. The predicted molar refractivity (Wildman–Crippen MR) is 82.3 cm³/mol. The summed E-state index contributed by atoms with van der Waals surface area (Å²) in [6, 6.07) is 4.54. The molecule has 1 unspecified atom stereocenters. The Labute approximate surface area is 130 Å². The standard InChI is InChI=1S/C17H24FNO3/c1-3-6-17(12-20)7-8-19(11-17)16(21)9-13-4-5-14(22-2)10-15(13)18/h4-5,10,20H,3,6-9,11-12H2,1-2H3.